The van der Waals surface area contributed by atoms with Crippen LogP contribution in [0.25, 0.3) is 22.3 Å². The molecule has 0 heterocycles. The van der Waals surface area contributed by atoms with Crippen LogP contribution in [0.4, 0.5) is 17.6 Å². The summed E-state index contributed by atoms with van der Waals surface area (Å²) in [7, 11) is 0. The molecule has 1 nitrogen and oxygen atoms in total. The number of allylic oxidation sites excluding steroid dienone is 1. The number of hydrogen-bond acceptors (Lipinski definition) is 1. The first-order chi connectivity index (χ1) is 18.9. The van der Waals surface area contributed by atoms with Gasteiger partial charge in [-0.25, -0.2) is 13.2 Å². The summed E-state index contributed by atoms with van der Waals surface area (Å²) in [6, 6.07) is 11.9. The number of aromatic hydroxyl groups is 1. The summed E-state index contributed by atoms with van der Waals surface area (Å²) < 4.78 is 58.6. The minimum Gasteiger partial charge on any atom is -0.505 e. The van der Waals surface area contributed by atoms with Gasteiger partial charge in [0.1, 0.15) is 0 Å². The molecule has 0 radical (unpaired) electrons. The van der Waals surface area contributed by atoms with Gasteiger partial charge in [0.25, 0.3) is 0 Å². The Bertz CT molecular complexity index is 1300. The quantitative estimate of drug-likeness (QED) is 0.235. The lowest BCUT2D eigenvalue weighted by molar-refractivity contribution is 0.156. The molecule has 0 saturated heterocycles. The van der Waals surface area contributed by atoms with Crippen LogP contribution >= 0.6 is 0 Å². The zero-order valence-electron chi connectivity index (χ0n) is 22.2. The Balaban J connectivity index is 1.24. The van der Waals surface area contributed by atoms with E-state index in [1.807, 2.05) is 6.08 Å². The standard InChI is InChI=1S/C34H36F4O/c1-2-3-4-21-5-7-22(8-6-21)23-9-11-24(12-10-23)27-17-18-28(32(36)31(27)35)25-13-15-26(16-14-25)29-19-20-30(39)34(38)33(29)37/h2,13-24,39H,1,3-12H2. The molecule has 2 aliphatic rings. The van der Waals surface area contributed by atoms with E-state index in [-0.39, 0.29) is 17.0 Å². The van der Waals surface area contributed by atoms with Crippen LogP contribution < -0.4 is 0 Å². The van der Waals surface area contributed by atoms with Gasteiger partial charge in [0, 0.05) is 11.1 Å². The number of phenolic OH excluding ortho intramolecular Hbond substituents is 1. The molecule has 3 aromatic carbocycles. The molecular weight excluding hydrogens is 500 g/mol. The van der Waals surface area contributed by atoms with Crippen LogP contribution in [-0.2, 0) is 0 Å². The summed E-state index contributed by atoms with van der Waals surface area (Å²) in [5, 5.41) is 9.35. The van der Waals surface area contributed by atoms with Gasteiger partial charge in [-0.1, -0.05) is 55.3 Å². The summed E-state index contributed by atoms with van der Waals surface area (Å²) in [4.78, 5) is 0. The second-order valence-corrected chi connectivity index (χ2v) is 11.4. The fourth-order valence-electron chi connectivity index (χ4n) is 6.90. The predicted octanol–water partition coefficient (Wildman–Crippen LogP) is 10.3. The van der Waals surface area contributed by atoms with Crippen molar-refractivity contribution >= 4 is 0 Å². The average Bonchev–Trinajstić information content (AvgIpc) is 2.97. The molecule has 0 spiro atoms. The van der Waals surface area contributed by atoms with E-state index in [9.17, 15) is 13.9 Å². The Morgan fingerprint density at radius 3 is 1.72 bits per heavy atom. The maximum absolute atomic E-state index is 15.3. The van der Waals surface area contributed by atoms with Gasteiger partial charge in [-0.05, 0) is 104 Å². The van der Waals surface area contributed by atoms with Gasteiger partial charge in [0.05, 0.1) is 0 Å². The van der Waals surface area contributed by atoms with E-state index in [0.29, 0.717) is 22.6 Å². The van der Waals surface area contributed by atoms with Crippen LogP contribution in [0.15, 0.2) is 61.2 Å². The van der Waals surface area contributed by atoms with Crippen molar-refractivity contribution in [2.75, 3.05) is 0 Å². The summed E-state index contributed by atoms with van der Waals surface area (Å²) in [5.74, 6) is -2.57. The molecule has 0 unspecified atom stereocenters. The molecule has 1 N–H and O–H groups in total. The normalized spacial score (nSPS) is 23.5. The molecule has 5 heteroatoms. The fraction of sp³-hybridized carbons (Fsp3) is 0.412. The Hall–Kier alpha value is -3.08. The molecule has 3 aromatic rings. The molecule has 206 valence electrons. The van der Waals surface area contributed by atoms with Crippen molar-refractivity contribution in [1.29, 1.82) is 0 Å². The Labute approximate surface area is 228 Å². The first-order valence-corrected chi connectivity index (χ1v) is 14.2. The SMILES string of the molecule is C=CCCC1CCC(C2CCC(c3ccc(-c4ccc(-c5ccc(O)c(F)c5F)cc4)c(F)c3F)CC2)CC1. The number of benzene rings is 3. The molecular formula is C34H36F4O. The number of phenols is 1. The maximum Gasteiger partial charge on any atom is 0.200 e. The van der Waals surface area contributed by atoms with Crippen LogP contribution in [0.5, 0.6) is 5.75 Å². The van der Waals surface area contributed by atoms with Crippen LogP contribution in [-0.4, -0.2) is 5.11 Å². The Morgan fingerprint density at radius 1 is 0.641 bits per heavy atom. The fourth-order valence-corrected chi connectivity index (χ4v) is 6.90. The monoisotopic (exact) mass is 536 g/mol. The second kappa shape index (κ2) is 12.0. The van der Waals surface area contributed by atoms with Crippen molar-refractivity contribution in [3.8, 4) is 28.0 Å². The second-order valence-electron chi connectivity index (χ2n) is 11.4. The summed E-state index contributed by atoms with van der Waals surface area (Å²) in [6.45, 7) is 3.84. The van der Waals surface area contributed by atoms with Crippen LogP contribution in [0.3, 0.4) is 0 Å². The van der Waals surface area contributed by atoms with Crippen LogP contribution in [0.1, 0.15) is 75.7 Å². The number of hydrogen-bond donors (Lipinski definition) is 1. The summed E-state index contributed by atoms with van der Waals surface area (Å²) in [5.41, 5.74) is 1.40. The molecule has 5 rings (SSSR count). The van der Waals surface area contributed by atoms with E-state index in [2.05, 4.69) is 6.58 Å². The molecule has 0 bridgehead atoms. The van der Waals surface area contributed by atoms with Crippen LogP contribution in [0, 0.1) is 41.0 Å². The lowest BCUT2D eigenvalue weighted by Gasteiger charge is -2.38. The zero-order valence-corrected chi connectivity index (χ0v) is 22.2. The van der Waals surface area contributed by atoms with Gasteiger partial charge >= 0.3 is 0 Å². The molecule has 39 heavy (non-hydrogen) atoms. The van der Waals surface area contributed by atoms with E-state index in [4.69, 9.17) is 0 Å². The highest BCUT2D eigenvalue weighted by molar-refractivity contribution is 5.71. The van der Waals surface area contributed by atoms with Gasteiger partial charge in [-0.15, -0.1) is 6.58 Å². The largest absolute Gasteiger partial charge is 0.505 e. The molecule has 0 atom stereocenters. The molecule has 2 fully saturated rings. The number of halogens is 4. The molecule has 2 aliphatic carbocycles. The van der Waals surface area contributed by atoms with Crippen molar-refractivity contribution in [3.05, 3.63) is 90.0 Å². The smallest absolute Gasteiger partial charge is 0.200 e. The third kappa shape index (κ3) is 5.78. The first-order valence-electron chi connectivity index (χ1n) is 14.2. The lowest BCUT2D eigenvalue weighted by atomic mass is 9.68. The van der Waals surface area contributed by atoms with Crippen molar-refractivity contribution in [1.82, 2.24) is 0 Å². The van der Waals surface area contributed by atoms with Crippen molar-refractivity contribution in [2.45, 2.75) is 70.1 Å². The minimum absolute atomic E-state index is 0.0183. The molecule has 0 aliphatic heterocycles. The highest BCUT2D eigenvalue weighted by atomic mass is 19.2. The molecule has 0 aromatic heterocycles. The molecule has 2 saturated carbocycles. The van der Waals surface area contributed by atoms with Gasteiger partial charge in [-0.2, -0.15) is 4.39 Å². The van der Waals surface area contributed by atoms with Gasteiger partial charge in [0.2, 0.25) is 5.82 Å². The zero-order chi connectivity index (χ0) is 27.5. The van der Waals surface area contributed by atoms with E-state index < -0.39 is 29.0 Å². The van der Waals surface area contributed by atoms with Gasteiger partial charge in [-0.3, -0.25) is 0 Å². The van der Waals surface area contributed by atoms with E-state index in [1.54, 1.807) is 24.3 Å². The summed E-state index contributed by atoms with van der Waals surface area (Å²) >= 11 is 0. The lowest BCUT2D eigenvalue weighted by Crippen LogP contribution is -2.25. The van der Waals surface area contributed by atoms with Crippen molar-refractivity contribution in [3.63, 3.8) is 0 Å². The van der Waals surface area contributed by atoms with E-state index >= 15 is 8.78 Å². The highest BCUT2D eigenvalue weighted by Crippen LogP contribution is 2.45. The number of rotatable bonds is 7. The third-order valence-corrected chi connectivity index (χ3v) is 9.23. The average molecular weight is 537 g/mol. The highest BCUT2D eigenvalue weighted by Gasteiger charge is 2.32. The molecule has 0 amide bonds. The predicted molar refractivity (Wildman–Crippen MR) is 148 cm³/mol. The van der Waals surface area contributed by atoms with E-state index in [1.165, 1.54) is 50.3 Å². The Kier molecular flexibility index (Phi) is 8.44. The minimum atomic E-state index is -1.32. The van der Waals surface area contributed by atoms with Crippen molar-refractivity contribution in [2.24, 2.45) is 17.8 Å². The van der Waals surface area contributed by atoms with E-state index in [0.717, 1.165) is 50.0 Å². The van der Waals surface area contributed by atoms with Gasteiger partial charge < -0.3 is 5.11 Å². The van der Waals surface area contributed by atoms with Crippen LogP contribution in [0.2, 0.25) is 0 Å². The van der Waals surface area contributed by atoms with Gasteiger partial charge in [0.15, 0.2) is 23.2 Å². The van der Waals surface area contributed by atoms with Crippen molar-refractivity contribution < 1.29 is 22.7 Å². The third-order valence-electron chi connectivity index (χ3n) is 9.23. The summed E-state index contributed by atoms with van der Waals surface area (Å²) in [6.07, 6.45) is 13.5. The topological polar surface area (TPSA) is 20.2 Å². The Morgan fingerprint density at radius 2 is 1.15 bits per heavy atom. The maximum atomic E-state index is 15.3. The first kappa shape index (κ1) is 27.5.